The number of hydrogen-bond acceptors (Lipinski definition) is 9. The van der Waals surface area contributed by atoms with Gasteiger partial charge in [-0.2, -0.15) is 0 Å². The Labute approximate surface area is 226 Å². The van der Waals surface area contributed by atoms with Crippen LogP contribution in [-0.2, 0) is 12.0 Å². The van der Waals surface area contributed by atoms with Crippen molar-refractivity contribution >= 4 is 5.91 Å². The monoisotopic (exact) mass is 525 g/mol. The van der Waals surface area contributed by atoms with Crippen LogP contribution in [0.5, 0.6) is 0 Å². The number of carbonyl (C=O) groups is 1. The molecule has 0 unspecified atom stereocenters. The molecule has 10 heteroatoms. The number of likely N-dealkylation sites (N-methyl/N-ethyl adjacent to an activating group) is 1. The maximum Gasteiger partial charge on any atom is 0.266 e. The predicted molar refractivity (Wildman–Crippen MR) is 148 cm³/mol. The minimum Gasteiger partial charge on any atom is -0.443 e. The predicted octanol–water partition coefficient (Wildman–Crippen LogP) is 4.25. The number of amides is 1. The van der Waals surface area contributed by atoms with E-state index < -0.39 is 5.54 Å². The van der Waals surface area contributed by atoms with Crippen LogP contribution in [0.2, 0.25) is 0 Å². The van der Waals surface area contributed by atoms with Crippen LogP contribution in [0.15, 0.2) is 99.8 Å². The van der Waals surface area contributed by atoms with Gasteiger partial charge in [0.15, 0.2) is 0 Å². The van der Waals surface area contributed by atoms with Crippen molar-refractivity contribution in [2.24, 2.45) is 11.5 Å². The van der Waals surface area contributed by atoms with Gasteiger partial charge in [0.2, 0.25) is 11.8 Å². The Hall–Kier alpha value is -4.83. The SMILES string of the molecule is C=C(/C=C\C=C(\C)N)CN(C)C(=O)c1cc(-c2ncco2)nc(-c2nnc([C@](C)(N)Cc3ccccc3)o2)c1. The van der Waals surface area contributed by atoms with Crippen molar-refractivity contribution in [1.29, 1.82) is 0 Å². The summed E-state index contributed by atoms with van der Waals surface area (Å²) in [6.45, 7) is 7.93. The number of hydrogen-bond donors (Lipinski definition) is 2. The van der Waals surface area contributed by atoms with Gasteiger partial charge in [-0.05, 0) is 49.6 Å². The molecule has 4 aromatic rings. The van der Waals surface area contributed by atoms with Gasteiger partial charge in [-0.1, -0.05) is 49.1 Å². The van der Waals surface area contributed by atoms with Gasteiger partial charge in [0.05, 0.1) is 11.7 Å². The zero-order chi connectivity index (χ0) is 28.0. The highest BCUT2D eigenvalue weighted by atomic mass is 16.4. The Morgan fingerprint density at radius 2 is 1.87 bits per heavy atom. The summed E-state index contributed by atoms with van der Waals surface area (Å²) in [6, 6.07) is 13.0. The van der Waals surface area contributed by atoms with Crippen LogP contribution in [0.1, 0.15) is 35.7 Å². The highest BCUT2D eigenvalue weighted by Crippen LogP contribution is 2.28. The van der Waals surface area contributed by atoms with Crippen LogP contribution in [0.25, 0.3) is 23.2 Å². The van der Waals surface area contributed by atoms with Crippen LogP contribution in [0, 0.1) is 0 Å². The fraction of sp³-hybridized carbons (Fsp3) is 0.207. The van der Waals surface area contributed by atoms with Gasteiger partial charge in [-0.25, -0.2) is 9.97 Å². The topological polar surface area (TPSA) is 150 Å². The summed E-state index contributed by atoms with van der Waals surface area (Å²) in [5, 5.41) is 8.38. The van der Waals surface area contributed by atoms with Gasteiger partial charge in [-0.15, -0.1) is 10.2 Å². The van der Waals surface area contributed by atoms with Crippen molar-refractivity contribution < 1.29 is 13.6 Å². The molecule has 200 valence electrons. The van der Waals surface area contributed by atoms with Crippen molar-refractivity contribution in [3.05, 3.63) is 108 Å². The Kier molecular flexibility index (Phi) is 8.16. The molecule has 0 aliphatic carbocycles. The van der Waals surface area contributed by atoms with Crippen LogP contribution >= 0.6 is 0 Å². The number of aromatic nitrogens is 4. The molecule has 39 heavy (non-hydrogen) atoms. The van der Waals surface area contributed by atoms with E-state index in [0.29, 0.717) is 35.6 Å². The molecule has 0 aliphatic rings. The van der Waals surface area contributed by atoms with E-state index in [1.807, 2.05) is 37.3 Å². The smallest absolute Gasteiger partial charge is 0.266 e. The molecule has 1 aromatic carbocycles. The van der Waals surface area contributed by atoms with Gasteiger partial charge in [0.25, 0.3) is 11.8 Å². The Balaban J connectivity index is 1.62. The van der Waals surface area contributed by atoms with Gasteiger partial charge < -0.3 is 25.2 Å². The van der Waals surface area contributed by atoms with E-state index in [1.54, 1.807) is 49.2 Å². The second kappa shape index (κ2) is 11.7. The van der Waals surface area contributed by atoms with Crippen LogP contribution in [-0.4, -0.2) is 44.6 Å². The lowest BCUT2D eigenvalue weighted by Gasteiger charge is -2.20. The normalized spacial score (nSPS) is 13.4. The molecular weight excluding hydrogens is 494 g/mol. The first-order valence-electron chi connectivity index (χ1n) is 12.2. The summed E-state index contributed by atoms with van der Waals surface area (Å²) in [7, 11) is 1.69. The summed E-state index contributed by atoms with van der Waals surface area (Å²) in [5.41, 5.74) is 14.7. The number of benzene rings is 1. The Morgan fingerprint density at radius 3 is 2.54 bits per heavy atom. The maximum absolute atomic E-state index is 13.4. The van der Waals surface area contributed by atoms with Gasteiger partial charge in [-0.3, -0.25) is 4.79 Å². The summed E-state index contributed by atoms with van der Waals surface area (Å²) in [5.74, 6) is 0.354. The number of pyridine rings is 1. The molecule has 3 heterocycles. The first-order chi connectivity index (χ1) is 18.6. The molecule has 0 radical (unpaired) electrons. The van der Waals surface area contributed by atoms with Crippen molar-refractivity contribution in [2.45, 2.75) is 25.8 Å². The average Bonchev–Trinajstić information content (AvgIpc) is 3.61. The lowest BCUT2D eigenvalue weighted by atomic mass is 9.94. The number of allylic oxidation sites excluding steroid dienone is 3. The number of carbonyl (C=O) groups excluding carboxylic acids is 1. The van der Waals surface area contributed by atoms with E-state index in [4.69, 9.17) is 20.3 Å². The average molecular weight is 526 g/mol. The minimum absolute atomic E-state index is 0.121. The molecule has 0 saturated carbocycles. The van der Waals surface area contributed by atoms with Crippen molar-refractivity contribution in [1.82, 2.24) is 25.1 Å². The van der Waals surface area contributed by atoms with Crippen molar-refractivity contribution in [3.8, 4) is 23.2 Å². The van der Waals surface area contributed by atoms with Crippen molar-refractivity contribution in [3.63, 3.8) is 0 Å². The third-order valence-corrected chi connectivity index (χ3v) is 5.75. The lowest BCUT2D eigenvalue weighted by molar-refractivity contribution is 0.0808. The Bertz CT molecular complexity index is 1500. The first-order valence-corrected chi connectivity index (χ1v) is 12.2. The van der Waals surface area contributed by atoms with Crippen LogP contribution < -0.4 is 11.5 Å². The fourth-order valence-electron chi connectivity index (χ4n) is 3.86. The van der Waals surface area contributed by atoms with Crippen LogP contribution in [0.3, 0.4) is 0 Å². The fourth-order valence-corrected chi connectivity index (χ4v) is 3.86. The van der Waals surface area contributed by atoms with Gasteiger partial charge in [0.1, 0.15) is 17.7 Å². The molecule has 4 rings (SSSR count). The summed E-state index contributed by atoms with van der Waals surface area (Å²) in [4.78, 5) is 23.7. The van der Waals surface area contributed by atoms with E-state index in [1.165, 1.54) is 12.5 Å². The minimum atomic E-state index is -0.919. The van der Waals surface area contributed by atoms with E-state index in [2.05, 4.69) is 26.7 Å². The van der Waals surface area contributed by atoms with Crippen LogP contribution in [0.4, 0.5) is 0 Å². The highest BCUT2D eigenvalue weighted by molar-refractivity contribution is 5.96. The van der Waals surface area contributed by atoms with E-state index >= 15 is 0 Å². The second-order valence-electron chi connectivity index (χ2n) is 9.55. The molecule has 4 N–H and O–H groups in total. The lowest BCUT2D eigenvalue weighted by Crippen LogP contribution is -2.35. The van der Waals surface area contributed by atoms with Gasteiger partial charge >= 0.3 is 0 Å². The quantitative estimate of drug-likeness (QED) is 0.290. The third-order valence-electron chi connectivity index (χ3n) is 5.75. The zero-order valence-corrected chi connectivity index (χ0v) is 22.2. The molecule has 0 bridgehead atoms. The standard InChI is InChI=1S/C29H31N7O3/c1-19(9-8-10-20(2)30)18-36(4)27(37)22-15-23(25-32-13-14-38-25)33-24(16-22)26-34-35-28(39-26)29(3,31)17-21-11-6-5-7-12-21/h5-16H,1,17-18,30-31H2,2-4H3/b9-8-,20-10-/t29-/m1/s1. The molecule has 0 spiro atoms. The number of nitrogens with two attached hydrogens (primary N) is 2. The Morgan fingerprint density at radius 1 is 1.15 bits per heavy atom. The van der Waals surface area contributed by atoms with Crippen molar-refractivity contribution in [2.75, 3.05) is 13.6 Å². The maximum atomic E-state index is 13.4. The number of rotatable bonds is 10. The molecule has 3 aromatic heterocycles. The molecule has 1 atom stereocenters. The number of nitrogens with zero attached hydrogens (tertiary/aromatic N) is 5. The largest absolute Gasteiger partial charge is 0.443 e. The second-order valence-corrected chi connectivity index (χ2v) is 9.55. The zero-order valence-electron chi connectivity index (χ0n) is 22.2. The summed E-state index contributed by atoms with van der Waals surface area (Å²) < 4.78 is 11.4. The first kappa shape index (κ1) is 27.2. The van der Waals surface area contributed by atoms with E-state index in [0.717, 1.165) is 11.1 Å². The molecule has 10 nitrogen and oxygen atoms in total. The third kappa shape index (κ3) is 6.93. The number of oxazole rings is 1. The molecular formula is C29H31N7O3. The molecule has 1 amide bonds. The van der Waals surface area contributed by atoms with E-state index in [-0.39, 0.29) is 23.6 Å². The molecule has 0 aliphatic heterocycles. The van der Waals surface area contributed by atoms with Gasteiger partial charge in [0, 0.05) is 24.9 Å². The highest BCUT2D eigenvalue weighted by Gasteiger charge is 2.29. The summed E-state index contributed by atoms with van der Waals surface area (Å²) >= 11 is 0. The van der Waals surface area contributed by atoms with E-state index in [9.17, 15) is 4.79 Å². The summed E-state index contributed by atoms with van der Waals surface area (Å²) in [6.07, 6.45) is 8.77. The molecule has 0 fully saturated rings. The molecule has 0 saturated heterocycles.